The molecule has 0 aromatic carbocycles. The lowest BCUT2D eigenvalue weighted by Crippen LogP contribution is -2.16. The van der Waals surface area contributed by atoms with E-state index in [0.717, 1.165) is 3.57 Å². The maximum absolute atomic E-state index is 5.26. The van der Waals surface area contributed by atoms with Crippen LogP contribution in [0.4, 0.5) is 0 Å². The van der Waals surface area contributed by atoms with Gasteiger partial charge < -0.3 is 9.47 Å². The Hall–Kier alpha value is -0.430. The number of hydrogen-bond acceptors (Lipinski definition) is 4. The molecular weight excluding hydrogens is 283 g/mol. The topological polar surface area (TPSA) is 44.2 Å². The SMILES string of the molecule is COC(C)COc1ncc(I)cn1. The Morgan fingerprint density at radius 2 is 2.08 bits per heavy atom. The van der Waals surface area contributed by atoms with Crippen LogP contribution in [0.15, 0.2) is 12.4 Å². The zero-order chi connectivity index (χ0) is 9.68. The molecule has 0 bridgehead atoms. The first kappa shape index (κ1) is 10.6. The van der Waals surface area contributed by atoms with E-state index < -0.39 is 0 Å². The molecule has 13 heavy (non-hydrogen) atoms. The Bertz CT molecular complexity index is 253. The minimum atomic E-state index is 0.0582. The van der Waals surface area contributed by atoms with Crippen molar-refractivity contribution in [2.24, 2.45) is 0 Å². The lowest BCUT2D eigenvalue weighted by molar-refractivity contribution is 0.0680. The van der Waals surface area contributed by atoms with Crippen molar-refractivity contribution in [3.8, 4) is 6.01 Å². The molecule has 0 aliphatic rings. The largest absolute Gasteiger partial charge is 0.461 e. The summed E-state index contributed by atoms with van der Waals surface area (Å²) < 4.78 is 11.3. The van der Waals surface area contributed by atoms with Gasteiger partial charge in [-0.25, -0.2) is 9.97 Å². The van der Waals surface area contributed by atoms with E-state index in [4.69, 9.17) is 9.47 Å². The Morgan fingerprint density at radius 1 is 1.46 bits per heavy atom. The van der Waals surface area contributed by atoms with Crippen LogP contribution >= 0.6 is 22.6 Å². The van der Waals surface area contributed by atoms with Gasteiger partial charge in [0, 0.05) is 23.1 Å². The average molecular weight is 294 g/mol. The lowest BCUT2D eigenvalue weighted by Gasteiger charge is -2.09. The molecule has 1 atom stereocenters. The van der Waals surface area contributed by atoms with Crippen LogP contribution in [0, 0.1) is 3.57 Å². The highest BCUT2D eigenvalue weighted by Gasteiger charge is 2.02. The number of halogens is 1. The molecule has 0 fully saturated rings. The molecule has 1 aromatic rings. The Balaban J connectivity index is 2.41. The molecule has 4 nitrogen and oxygen atoms in total. The number of methoxy groups -OCH3 is 1. The van der Waals surface area contributed by atoms with Crippen molar-refractivity contribution >= 4 is 22.6 Å². The fourth-order valence-corrected chi connectivity index (χ4v) is 0.913. The highest BCUT2D eigenvalue weighted by Crippen LogP contribution is 2.05. The molecule has 72 valence electrons. The van der Waals surface area contributed by atoms with Crippen molar-refractivity contribution in [1.82, 2.24) is 9.97 Å². The zero-order valence-electron chi connectivity index (χ0n) is 7.53. The summed E-state index contributed by atoms with van der Waals surface area (Å²) in [5, 5.41) is 0. The Morgan fingerprint density at radius 3 is 2.62 bits per heavy atom. The van der Waals surface area contributed by atoms with Crippen LogP contribution in [0.25, 0.3) is 0 Å². The van der Waals surface area contributed by atoms with Gasteiger partial charge in [-0.3, -0.25) is 0 Å². The van der Waals surface area contributed by atoms with Crippen LogP contribution in [0.5, 0.6) is 6.01 Å². The maximum atomic E-state index is 5.26. The van der Waals surface area contributed by atoms with Crippen LogP contribution in [0.3, 0.4) is 0 Å². The van der Waals surface area contributed by atoms with Gasteiger partial charge in [0.25, 0.3) is 0 Å². The minimum Gasteiger partial charge on any atom is -0.461 e. The van der Waals surface area contributed by atoms with E-state index in [-0.39, 0.29) is 6.10 Å². The number of rotatable bonds is 4. The van der Waals surface area contributed by atoms with E-state index in [1.54, 1.807) is 19.5 Å². The van der Waals surface area contributed by atoms with Gasteiger partial charge in [0.2, 0.25) is 0 Å². The number of aromatic nitrogens is 2. The molecule has 1 rings (SSSR count). The molecule has 0 aliphatic carbocycles. The average Bonchev–Trinajstić information content (AvgIpc) is 2.16. The summed E-state index contributed by atoms with van der Waals surface area (Å²) in [6.07, 6.45) is 3.48. The van der Waals surface area contributed by atoms with Crippen LogP contribution in [-0.2, 0) is 4.74 Å². The third kappa shape index (κ3) is 3.86. The zero-order valence-corrected chi connectivity index (χ0v) is 9.69. The smallest absolute Gasteiger partial charge is 0.316 e. The molecular formula is C8H11IN2O2. The van der Waals surface area contributed by atoms with Gasteiger partial charge in [-0.05, 0) is 29.5 Å². The summed E-state index contributed by atoms with van der Waals surface area (Å²) in [6, 6.07) is 0.393. The minimum absolute atomic E-state index is 0.0582. The van der Waals surface area contributed by atoms with E-state index in [1.165, 1.54) is 0 Å². The molecule has 1 unspecified atom stereocenters. The fraction of sp³-hybridized carbons (Fsp3) is 0.500. The monoisotopic (exact) mass is 294 g/mol. The number of nitrogens with zero attached hydrogens (tertiary/aromatic N) is 2. The van der Waals surface area contributed by atoms with Gasteiger partial charge in [-0.1, -0.05) is 0 Å². The molecule has 0 saturated heterocycles. The fourth-order valence-electron chi connectivity index (χ4n) is 0.635. The van der Waals surface area contributed by atoms with Crippen molar-refractivity contribution in [3.05, 3.63) is 16.0 Å². The van der Waals surface area contributed by atoms with E-state index in [1.807, 2.05) is 6.92 Å². The quantitative estimate of drug-likeness (QED) is 0.789. The Kier molecular flexibility index (Phi) is 4.37. The maximum Gasteiger partial charge on any atom is 0.316 e. The number of hydrogen-bond donors (Lipinski definition) is 0. The van der Waals surface area contributed by atoms with Crippen molar-refractivity contribution < 1.29 is 9.47 Å². The van der Waals surface area contributed by atoms with E-state index in [2.05, 4.69) is 32.6 Å². The summed E-state index contributed by atoms with van der Waals surface area (Å²) >= 11 is 2.14. The van der Waals surface area contributed by atoms with Gasteiger partial charge in [0.05, 0.1) is 6.10 Å². The van der Waals surface area contributed by atoms with Crippen LogP contribution in [0.1, 0.15) is 6.92 Å². The van der Waals surface area contributed by atoms with Gasteiger partial charge in [-0.2, -0.15) is 0 Å². The first-order valence-electron chi connectivity index (χ1n) is 3.85. The molecule has 0 radical (unpaired) electrons. The number of ether oxygens (including phenoxy) is 2. The van der Waals surface area contributed by atoms with Crippen LogP contribution in [-0.4, -0.2) is 29.8 Å². The van der Waals surface area contributed by atoms with Gasteiger partial charge in [-0.15, -0.1) is 0 Å². The molecule has 5 heteroatoms. The summed E-state index contributed by atoms with van der Waals surface area (Å²) in [5.41, 5.74) is 0. The lowest BCUT2D eigenvalue weighted by atomic mass is 10.4. The summed E-state index contributed by atoms with van der Waals surface area (Å²) in [4.78, 5) is 7.98. The normalized spacial score (nSPS) is 12.5. The summed E-state index contributed by atoms with van der Waals surface area (Å²) in [5.74, 6) is 0. The van der Waals surface area contributed by atoms with Crippen molar-refractivity contribution in [2.75, 3.05) is 13.7 Å². The molecule has 0 N–H and O–H groups in total. The van der Waals surface area contributed by atoms with Gasteiger partial charge >= 0.3 is 6.01 Å². The first-order valence-corrected chi connectivity index (χ1v) is 4.93. The van der Waals surface area contributed by atoms with Crippen molar-refractivity contribution in [1.29, 1.82) is 0 Å². The second-order valence-electron chi connectivity index (χ2n) is 2.54. The molecule has 0 spiro atoms. The van der Waals surface area contributed by atoms with Crippen molar-refractivity contribution in [2.45, 2.75) is 13.0 Å². The van der Waals surface area contributed by atoms with Gasteiger partial charge in [0.1, 0.15) is 6.61 Å². The van der Waals surface area contributed by atoms with Gasteiger partial charge in [0.15, 0.2) is 0 Å². The summed E-state index contributed by atoms with van der Waals surface area (Å²) in [6.45, 7) is 2.39. The Labute approximate surface area is 90.8 Å². The van der Waals surface area contributed by atoms with E-state index in [9.17, 15) is 0 Å². The standard InChI is InChI=1S/C8H11IN2O2/c1-6(12-2)5-13-8-10-3-7(9)4-11-8/h3-4,6H,5H2,1-2H3. The molecule has 1 heterocycles. The van der Waals surface area contributed by atoms with E-state index in [0.29, 0.717) is 12.6 Å². The third-order valence-electron chi connectivity index (χ3n) is 1.45. The third-order valence-corrected chi connectivity index (χ3v) is 2.00. The predicted molar refractivity (Wildman–Crippen MR) is 56.7 cm³/mol. The first-order chi connectivity index (χ1) is 6.22. The van der Waals surface area contributed by atoms with Crippen LogP contribution < -0.4 is 4.74 Å². The second kappa shape index (κ2) is 5.33. The molecule has 0 saturated carbocycles. The van der Waals surface area contributed by atoms with Crippen molar-refractivity contribution in [3.63, 3.8) is 0 Å². The second-order valence-corrected chi connectivity index (χ2v) is 3.79. The van der Waals surface area contributed by atoms with Crippen LogP contribution in [0.2, 0.25) is 0 Å². The highest BCUT2D eigenvalue weighted by atomic mass is 127. The highest BCUT2D eigenvalue weighted by molar-refractivity contribution is 14.1. The molecule has 0 aliphatic heterocycles. The molecule has 0 amide bonds. The molecule has 1 aromatic heterocycles. The summed E-state index contributed by atoms with van der Waals surface area (Å²) in [7, 11) is 1.64. The van der Waals surface area contributed by atoms with E-state index >= 15 is 0 Å². The predicted octanol–water partition coefficient (Wildman–Crippen LogP) is 1.49.